The summed E-state index contributed by atoms with van der Waals surface area (Å²) in [5.41, 5.74) is 0. The Morgan fingerprint density at radius 1 is 1.25 bits per heavy atom. The Hall–Kier alpha value is -1.55. The molecule has 0 saturated heterocycles. The van der Waals surface area contributed by atoms with Crippen molar-refractivity contribution in [2.75, 3.05) is 19.8 Å². The first-order valence-corrected chi connectivity index (χ1v) is 5.38. The second-order valence-electron chi connectivity index (χ2n) is 3.38. The van der Waals surface area contributed by atoms with E-state index in [4.69, 9.17) is 9.84 Å². The quantitative estimate of drug-likeness (QED) is 0.677. The number of para-hydroxylation sites is 1. The van der Waals surface area contributed by atoms with E-state index in [-0.39, 0.29) is 19.1 Å². The minimum Gasteiger partial charge on any atom is -0.484 e. The third kappa shape index (κ3) is 5.36. The molecule has 2 N–H and O–H groups in total. The van der Waals surface area contributed by atoms with Crippen LogP contribution in [0.25, 0.3) is 0 Å². The van der Waals surface area contributed by atoms with Gasteiger partial charge in [0.25, 0.3) is 5.91 Å². The fraction of sp³-hybridized carbons (Fsp3) is 0.417. The summed E-state index contributed by atoms with van der Waals surface area (Å²) in [6.45, 7) is 0.775. The van der Waals surface area contributed by atoms with Gasteiger partial charge in [-0.15, -0.1) is 0 Å². The van der Waals surface area contributed by atoms with Gasteiger partial charge in [-0.1, -0.05) is 18.2 Å². The van der Waals surface area contributed by atoms with Gasteiger partial charge in [0.1, 0.15) is 5.75 Å². The van der Waals surface area contributed by atoms with Gasteiger partial charge in [0, 0.05) is 13.2 Å². The van der Waals surface area contributed by atoms with Crippen molar-refractivity contribution in [1.82, 2.24) is 5.32 Å². The zero-order valence-electron chi connectivity index (χ0n) is 9.19. The van der Waals surface area contributed by atoms with Gasteiger partial charge < -0.3 is 15.2 Å². The van der Waals surface area contributed by atoms with Crippen LogP contribution in [0.2, 0.25) is 0 Å². The summed E-state index contributed by atoms with van der Waals surface area (Å²) in [6.07, 6.45) is 1.49. The van der Waals surface area contributed by atoms with Crippen LogP contribution < -0.4 is 10.1 Å². The average Bonchev–Trinajstić information content (AvgIpc) is 2.33. The Morgan fingerprint density at radius 2 is 2.00 bits per heavy atom. The van der Waals surface area contributed by atoms with E-state index < -0.39 is 0 Å². The highest BCUT2D eigenvalue weighted by molar-refractivity contribution is 5.77. The molecule has 0 saturated carbocycles. The molecule has 1 aromatic carbocycles. The van der Waals surface area contributed by atoms with Crippen LogP contribution in [-0.4, -0.2) is 30.8 Å². The average molecular weight is 223 g/mol. The normalized spacial score (nSPS) is 9.81. The summed E-state index contributed by atoms with van der Waals surface area (Å²) in [7, 11) is 0. The number of benzene rings is 1. The number of carbonyl (C=O) groups is 1. The number of aliphatic hydroxyl groups is 1. The lowest BCUT2D eigenvalue weighted by atomic mass is 10.3. The third-order valence-electron chi connectivity index (χ3n) is 2.02. The Labute approximate surface area is 95.2 Å². The largest absolute Gasteiger partial charge is 0.484 e. The molecule has 4 nitrogen and oxygen atoms in total. The van der Waals surface area contributed by atoms with E-state index in [1.54, 1.807) is 12.1 Å². The molecular formula is C12H17NO3. The highest BCUT2D eigenvalue weighted by Crippen LogP contribution is 2.07. The molecule has 1 rings (SSSR count). The second-order valence-corrected chi connectivity index (χ2v) is 3.38. The van der Waals surface area contributed by atoms with E-state index in [1.807, 2.05) is 18.2 Å². The SMILES string of the molecule is O=C(COc1ccccc1)NCCCCO. The number of hydrogen-bond donors (Lipinski definition) is 2. The van der Waals surface area contributed by atoms with Crippen LogP contribution in [0.3, 0.4) is 0 Å². The molecule has 0 bridgehead atoms. The Bertz CT molecular complexity index is 300. The molecule has 4 heteroatoms. The fourth-order valence-corrected chi connectivity index (χ4v) is 1.18. The van der Waals surface area contributed by atoms with Crippen LogP contribution in [0.4, 0.5) is 0 Å². The first kappa shape index (κ1) is 12.5. The maximum atomic E-state index is 11.3. The monoisotopic (exact) mass is 223 g/mol. The van der Waals surface area contributed by atoms with Crippen molar-refractivity contribution < 1.29 is 14.6 Å². The Balaban J connectivity index is 2.11. The smallest absolute Gasteiger partial charge is 0.257 e. The highest BCUT2D eigenvalue weighted by Gasteiger charge is 2.00. The van der Waals surface area contributed by atoms with Crippen LogP contribution >= 0.6 is 0 Å². The molecule has 0 unspecified atom stereocenters. The van der Waals surface area contributed by atoms with Gasteiger partial charge in [-0.3, -0.25) is 4.79 Å². The number of unbranched alkanes of at least 4 members (excludes halogenated alkanes) is 1. The molecule has 0 aliphatic carbocycles. The van der Waals surface area contributed by atoms with Crippen molar-refractivity contribution in [2.45, 2.75) is 12.8 Å². The summed E-state index contributed by atoms with van der Waals surface area (Å²) < 4.78 is 5.26. The summed E-state index contributed by atoms with van der Waals surface area (Å²) in [4.78, 5) is 11.3. The maximum absolute atomic E-state index is 11.3. The lowest BCUT2D eigenvalue weighted by Gasteiger charge is -2.06. The van der Waals surface area contributed by atoms with E-state index in [2.05, 4.69) is 5.32 Å². The number of carbonyl (C=O) groups excluding carboxylic acids is 1. The Morgan fingerprint density at radius 3 is 2.69 bits per heavy atom. The van der Waals surface area contributed by atoms with Gasteiger partial charge >= 0.3 is 0 Å². The van der Waals surface area contributed by atoms with E-state index in [1.165, 1.54) is 0 Å². The van der Waals surface area contributed by atoms with Gasteiger partial charge in [-0.2, -0.15) is 0 Å². The van der Waals surface area contributed by atoms with Gasteiger partial charge in [0.05, 0.1) is 0 Å². The topological polar surface area (TPSA) is 58.6 Å². The first-order valence-electron chi connectivity index (χ1n) is 5.38. The number of hydrogen-bond acceptors (Lipinski definition) is 3. The molecule has 88 valence electrons. The molecule has 0 aromatic heterocycles. The molecule has 0 fully saturated rings. The molecule has 0 radical (unpaired) electrons. The van der Waals surface area contributed by atoms with Crippen LogP contribution in [0.15, 0.2) is 30.3 Å². The van der Waals surface area contributed by atoms with E-state index in [0.717, 1.165) is 6.42 Å². The van der Waals surface area contributed by atoms with Crippen molar-refractivity contribution in [3.05, 3.63) is 30.3 Å². The van der Waals surface area contributed by atoms with Crippen LogP contribution in [0.1, 0.15) is 12.8 Å². The van der Waals surface area contributed by atoms with Crippen molar-refractivity contribution in [3.63, 3.8) is 0 Å². The van der Waals surface area contributed by atoms with Crippen molar-refractivity contribution in [3.8, 4) is 5.75 Å². The van der Waals surface area contributed by atoms with Crippen molar-refractivity contribution in [2.24, 2.45) is 0 Å². The Kier molecular flexibility index (Phi) is 6.03. The number of amides is 1. The molecule has 16 heavy (non-hydrogen) atoms. The van der Waals surface area contributed by atoms with Crippen molar-refractivity contribution >= 4 is 5.91 Å². The zero-order chi connectivity index (χ0) is 11.6. The number of aliphatic hydroxyl groups excluding tert-OH is 1. The third-order valence-corrected chi connectivity index (χ3v) is 2.02. The van der Waals surface area contributed by atoms with Gasteiger partial charge in [-0.05, 0) is 25.0 Å². The lowest BCUT2D eigenvalue weighted by molar-refractivity contribution is -0.123. The summed E-state index contributed by atoms with van der Waals surface area (Å²) in [5.74, 6) is 0.551. The first-order chi connectivity index (χ1) is 7.83. The van der Waals surface area contributed by atoms with Gasteiger partial charge in [0.15, 0.2) is 6.61 Å². The fourth-order valence-electron chi connectivity index (χ4n) is 1.18. The molecule has 0 aliphatic heterocycles. The number of rotatable bonds is 7. The van der Waals surface area contributed by atoms with E-state index >= 15 is 0 Å². The van der Waals surface area contributed by atoms with Crippen LogP contribution in [-0.2, 0) is 4.79 Å². The molecule has 0 spiro atoms. The molecule has 0 heterocycles. The van der Waals surface area contributed by atoms with Crippen LogP contribution in [0, 0.1) is 0 Å². The minimum atomic E-state index is -0.137. The second kappa shape index (κ2) is 7.70. The highest BCUT2D eigenvalue weighted by atomic mass is 16.5. The van der Waals surface area contributed by atoms with E-state index in [9.17, 15) is 4.79 Å². The summed E-state index contributed by atoms with van der Waals surface area (Å²) in [6, 6.07) is 9.21. The van der Waals surface area contributed by atoms with Gasteiger partial charge in [0.2, 0.25) is 0 Å². The van der Waals surface area contributed by atoms with Gasteiger partial charge in [-0.25, -0.2) is 0 Å². The number of nitrogens with one attached hydrogen (secondary N) is 1. The standard InChI is InChI=1S/C12H17NO3/c14-9-5-4-8-13-12(15)10-16-11-6-2-1-3-7-11/h1-3,6-7,14H,4-5,8-10H2,(H,13,15). The predicted octanol–water partition coefficient (Wildman–Crippen LogP) is 0.954. The number of ether oxygens (including phenoxy) is 1. The summed E-state index contributed by atoms with van der Waals surface area (Å²) in [5, 5.41) is 11.3. The molecule has 1 amide bonds. The van der Waals surface area contributed by atoms with Crippen molar-refractivity contribution in [1.29, 1.82) is 0 Å². The molecule has 0 aliphatic rings. The lowest BCUT2D eigenvalue weighted by Crippen LogP contribution is -2.29. The minimum absolute atomic E-state index is 0.0309. The molecular weight excluding hydrogens is 206 g/mol. The summed E-state index contributed by atoms with van der Waals surface area (Å²) >= 11 is 0. The predicted molar refractivity (Wildman–Crippen MR) is 61.3 cm³/mol. The van der Waals surface area contributed by atoms with E-state index in [0.29, 0.717) is 18.7 Å². The zero-order valence-corrected chi connectivity index (χ0v) is 9.19. The molecule has 1 aromatic rings. The molecule has 0 atom stereocenters. The van der Waals surface area contributed by atoms with Crippen LogP contribution in [0.5, 0.6) is 5.75 Å². The maximum Gasteiger partial charge on any atom is 0.257 e.